The Labute approximate surface area is 145 Å². The van der Waals surface area contributed by atoms with Crippen LogP contribution >= 0.6 is 11.3 Å². The number of amides is 1. The molecule has 4 heteroatoms. The number of thiophene rings is 1. The van der Waals surface area contributed by atoms with E-state index in [1.807, 2.05) is 55.6 Å². The summed E-state index contributed by atoms with van der Waals surface area (Å²) in [5, 5.41) is 5.88. The van der Waals surface area contributed by atoms with Gasteiger partial charge < -0.3 is 5.32 Å². The number of hydrogen-bond acceptors (Lipinski definition) is 3. The molecule has 3 aromatic rings. The van der Waals surface area contributed by atoms with Crippen LogP contribution in [0.5, 0.6) is 0 Å². The second-order valence-corrected chi connectivity index (χ2v) is 6.98. The summed E-state index contributed by atoms with van der Waals surface area (Å²) in [4.78, 5) is 24.0. The number of hydrogen-bond donors (Lipinski definition) is 1. The first-order chi connectivity index (χ1) is 11.5. The van der Waals surface area contributed by atoms with Gasteiger partial charge in [0.2, 0.25) is 0 Å². The summed E-state index contributed by atoms with van der Waals surface area (Å²) in [6, 6.07) is 11.8. The zero-order valence-corrected chi connectivity index (χ0v) is 14.8. The summed E-state index contributed by atoms with van der Waals surface area (Å²) in [6.45, 7) is 5.50. The lowest BCUT2D eigenvalue weighted by atomic mass is 9.99. The number of aryl methyl sites for hydroxylation is 2. The monoisotopic (exact) mass is 337 g/mol. The highest BCUT2D eigenvalue weighted by molar-refractivity contribution is 7.17. The molecule has 0 fully saturated rings. The van der Waals surface area contributed by atoms with E-state index >= 15 is 0 Å². The van der Waals surface area contributed by atoms with Crippen LogP contribution in [0.4, 0.5) is 5.69 Å². The molecule has 0 bridgehead atoms. The van der Waals surface area contributed by atoms with E-state index in [1.54, 1.807) is 18.3 Å². The zero-order valence-electron chi connectivity index (χ0n) is 14.0. The van der Waals surface area contributed by atoms with Gasteiger partial charge in [-0.3, -0.25) is 9.59 Å². The van der Waals surface area contributed by atoms with Crippen molar-refractivity contribution >= 4 is 38.8 Å². The third kappa shape index (κ3) is 3.24. The molecule has 3 nitrogen and oxygen atoms in total. The fraction of sp³-hybridized carbons (Fsp3) is 0.200. The number of nitrogens with one attached hydrogen (secondary N) is 1. The fourth-order valence-electron chi connectivity index (χ4n) is 2.81. The number of carbonyl (C=O) groups excluding carboxylic acids is 2. The van der Waals surface area contributed by atoms with Crippen LogP contribution in [0.25, 0.3) is 10.1 Å². The lowest BCUT2D eigenvalue weighted by Crippen LogP contribution is -2.13. The molecule has 0 aliphatic heterocycles. The Hall–Kier alpha value is -2.46. The molecular weight excluding hydrogens is 318 g/mol. The maximum Gasteiger partial charge on any atom is 0.257 e. The molecule has 3 rings (SSSR count). The number of carbonyl (C=O) groups is 2. The molecule has 0 saturated carbocycles. The zero-order chi connectivity index (χ0) is 17.3. The second kappa shape index (κ2) is 6.57. The first-order valence-electron chi connectivity index (χ1n) is 7.83. The summed E-state index contributed by atoms with van der Waals surface area (Å²) in [5.74, 6) is 0.0355. The maximum atomic E-state index is 12.7. The molecule has 0 radical (unpaired) electrons. The van der Waals surface area contributed by atoms with E-state index in [-0.39, 0.29) is 11.7 Å². The third-order valence-corrected chi connectivity index (χ3v) is 5.06. The standard InChI is InChI=1S/C20H19NO2S/c1-12-9-18(13(2)8-15(12)10-14(3)22)21-20(23)17-11-24-19-7-5-4-6-16(17)19/h4-9,11H,10H2,1-3H3,(H,21,23). The molecule has 0 atom stereocenters. The predicted molar refractivity (Wildman–Crippen MR) is 100 cm³/mol. The Morgan fingerprint density at radius 1 is 1.08 bits per heavy atom. The molecule has 0 spiro atoms. The highest BCUT2D eigenvalue weighted by Crippen LogP contribution is 2.27. The molecule has 0 aliphatic rings. The molecule has 24 heavy (non-hydrogen) atoms. The van der Waals surface area contributed by atoms with Crippen molar-refractivity contribution in [3.05, 3.63) is 64.0 Å². The Morgan fingerprint density at radius 3 is 2.58 bits per heavy atom. The summed E-state index contributed by atoms with van der Waals surface area (Å²) >= 11 is 1.57. The van der Waals surface area contributed by atoms with Gasteiger partial charge in [0.1, 0.15) is 5.78 Å². The van der Waals surface area contributed by atoms with Gasteiger partial charge in [0.05, 0.1) is 5.56 Å². The van der Waals surface area contributed by atoms with Crippen molar-refractivity contribution in [2.24, 2.45) is 0 Å². The largest absolute Gasteiger partial charge is 0.322 e. The Kier molecular flexibility index (Phi) is 4.49. The second-order valence-electron chi connectivity index (χ2n) is 6.07. The number of anilines is 1. The van der Waals surface area contributed by atoms with Gasteiger partial charge in [0.15, 0.2) is 0 Å². The summed E-state index contributed by atoms with van der Waals surface area (Å²) in [5.41, 5.74) is 4.48. The van der Waals surface area contributed by atoms with Crippen molar-refractivity contribution < 1.29 is 9.59 Å². The van der Waals surface area contributed by atoms with Crippen molar-refractivity contribution in [1.82, 2.24) is 0 Å². The van der Waals surface area contributed by atoms with Crippen molar-refractivity contribution in [3.8, 4) is 0 Å². The minimum absolute atomic E-state index is 0.103. The van der Waals surface area contributed by atoms with Crippen molar-refractivity contribution in [3.63, 3.8) is 0 Å². The van der Waals surface area contributed by atoms with Gasteiger partial charge in [-0.2, -0.15) is 0 Å². The maximum absolute atomic E-state index is 12.7. The van der Waals surface area contributed by atoms with Gasteiger partial charge in [-0.25, -0.2) is 0 Å². The molecule has 0 unspecified atom stereocenters. The molecule has 1 amide bonds. The highest BCUT2D eigenvalue weighted by atomic mass is 32.1. The Balaban J connectivity index is 1.89. The van der Waals surface area contributed by atoms with Crippen molar-refractivity contribution in [1.29, 1.82) is 0 Å². The van der Waals surface area contributed by atoms with Crippen LogP contribution in [0, 0.1) is 13.8 Å². The predicted octanol–water partition coefficient (Wildman–Crippen LogP) is 4.90. The van der Waals surface area contributed by atoms with Crippen LogP contribution in [0.1, 0.15) is 34.0 Å². The highest BCUT2D eigenvalue weighted by Gasteiger charge is 2.14. The summed E-state index contributed by atoms with van der Waals surface area (Å²) in [7, 11) is 0. The van der Waals surface area contributed by atoms with E-state index in [0.29, 0.717) is 12.0 Å². The first kappa shape index (κ1) is 16.4. The van der Waals surface area contributed by atoms with Gasteiger partial charge in [-0.15, -0.1) is 11.3 Å². The van der Waals surface area contributed by atoms with Crippen LogP contribution in [0.3, 0.4) is 0 Å². The molecule has 0 saturated heterocycles. The molecule has 1 heterocycles. The van der Waals surface area contributed by atoms with Crippen molar-refractivity contribution in [2.45, 2.75) is 27.2 Å². The van der Waals surface area contributed by atoms with E-state index < -0.39 is 0 Å². The lowest BCUT2D eigenvalue weighted by molar-refractivity contribution is -0.116. The van der Waals surface area contributed by atoms with E-state index in [4.69, 9.17) is 0 Å². The van der Waals surface area contributed by atoms with Crippen LogP contribution in [-0.2, 0) is 11.2 Å². The van der Waals surface area contributed by atoms with Gasteiger partial charge in [-0.05, 0) is 49.6 Å². The number of fused-ring (bicyclic) bond motifs is 1. The SMILES string of the molecule is CC(=O)Cc1cc(C)c(NC(=O)c2csc3ccccc23)cc1C. The Bertz CT molecular complexity index is 940. The lowest BCUT2D eigenvalue weighted by Gasteiger charge is -2.12. The van der Waals surface area contributed by atoms with Gasteiger partial charge >= 0.3 is 0 Å². The molecule has 2 aromatic carbocycles. The molecule has 122 valence electrons. The number of ketones is 1. The third-order valence-electron chi connectivity index (χ3n) is 4.10. The Morgan fingerprint density at radius 2 is 1.83 bits per heavy atom. The normalized spacial score (nSPS) is 10.8. The fourth-order valence-corrected chi connectivity index (χ4v) is 3.75. The van der Waals surface area contributed by atoms with Crippen LogP contribution in [0.15, 0.2) is 41.8 Å². The van der Waals surface area contributed by atoms with E-state index in [2.05, 4.69) is 5.32 Å². The van der Waals surface area contributed by atoms with E-state index in [9.17, 15) is 9.59 Å². The quantitative estimate of drug-likeness (QED) is 0.736. The average molecular weight is 337 g/mol. The van der Waals surface area contributed by atoms with Gasteiger partial charge in [0, 0.05) is 27.6 Å². The van der Waals surface area contributed by atoms with Crippen molar-refractivity contribution in [2.75, 3.05) is 5.32 Å². The summed E-state index contributed by atoms with van der Waals surface area (Å²) in [6.07, 6.45) is 0.427. The van der Waals surface area contributed by atoms with Crippen LogP contribution in [-0.4, -0.2) is 11.7 Å². The van der Waals surface area contributed by atoms with Gasteiger partial charge in [0.25, 0.3) is 5.91 Å². The van der Waals surface area contributed by atoms with E-state index in [0.717, 1.165) is 32.5 Å². The number of benzene rings is 2. The van der Waals surface area contributed by atoms with E-state index in [1.165, 1.54) is 0 Å². The molecule has 1 N–H and O–H groups in total. The smallest absolute Gasteiger partial charge is 0.257 e. The number of rotatable bonds is 4. The molecular formula is C20H19NO2S. The van der Waals surface area contributed by atoms with Crippen LogP contribution < -0.4 is 5.32 Å². The topological polar surface area (TPSA) is 46.2 Å². The number of Topliss-reactive ketones (excluding diaryl/α,β-unsaturated/α-hetero) is 1. The van der Waals surface area contributed by atoms with Gasteiger partial charge in [-0.1, -0.05) is 24.3 Å². The average Bonchev–Trinajstić information content (AvgIpc) is 2.95. The minimum atomic E-state index is -0.103. The minimum Gasteiger partial charge on any atom is -0.322 e. The van der Waals surface area contributed by atoms with Crippen LogP contribution in [0.2, 0.25) is 0 Å². The molecule has 1 aromatic heterocycles. The molecule has 0 aliphatic carbocycles. The summed E-state index contributed by atoms with van der Waals surface area (Å²) < 4.78 is 1.10. The first-order valence-corrected chi connectivity index (χ1v) is 8.71.